The number of hydrogen-bond acceptors (Lipinski definition) is 3. The molecule has 2 aromatic rings. The van der Waals surface area contributed by atoms with Crippen LogP contribution in [-0.4, -0.2) is 17.9 Å². The lowest BCUT2D eigenvalue weighted by Crippen LogP contribution is -2.26. The first-order chi connectivity index (χ1) is 8.91. The van der Waals surface area contributed by atoms with Crippen molar-refractivity contribution in [2.24, 2.45) is 0 Å². The van der Waals surface area contributed by atoms with Gasteiger partial charge in [-0.05, 0) is 44.7 Å². The van der Waals surface area contributed by atoms with Crippen LogP contribution in [0.25, 0.3) is 0 Å². The number of aryl methyl sites for hydroxylation is 3. The summed E-state index contributed by atoms with van der Waals surface area (Å²) in [5, 5.41) is 2.06. The van der Waals surface area contributed by atoms with Crippen LogP contribution in [0.2, 0.25) is 0 Å². The minimum absolute atomic E-state index is 0.0275. The molecule has 0 aliphatic carbocycles. The lowest BCUT2D eigenvalue weighted by molar-refractivity contribution is 0.0784. The van der Waals surface area contributed by atoms with Gasteiger partial charge in [-0.15, -0.1) is 11.3 Å². The van der Waals surface area contributed by atoms with Crippen LogP contribution in [0.4, 0.5) is 0 Å². The lowest BCUT2D eigenvalue weighted by Gasteiger charge is -2.17. The molecular formula is C15H19NO2S. The zero-order chi connectivity index (χ0) is 14.2. The van der Waals surface area contributed by atoms with Gasteiger partial charge in [0.2, 0.25) is 0 Å². The molecule has 4 heteroatoms. The lowest BCUT2D eigenvalue weighted by atomic mass is 10.1. The summed E-state index contributed by atoms with van der Waals surface area (Å²) in [4.78, 5) is 15.5. The topological polar surface area (TPSA) is 33.5 Å². The Kier molecular flexibility index (Phi) is 3.80. The third-order valence-electron chi connectivity index (χ3n) is 3.47. The van der Waals surface area contributed by atoms with E-state index in [0.29, 0.717) is 17.9 Å². The number of amides is 1. The fourth-order valence-corrected chi connectivity index (χ4v) is 3.11. The molecular weight excluding hydrogens is 258 g/mol. The van der Waals surface area contributed by atoms with E-state index in [0.717, 1.165) is 11.3 Å². The smallest absolute Gasteiger partial charge is 0.257 e. The Bertz CT molecular complexity index is 610. The minimum Gasteiger partial charge on any atom is -0.466 e. The van der Waals surface area contributed by atoms with Crippen molar-refractivity contribution in [1.82, 2.24) is 4.90 Å². The van der Waals surface area contributed by atoms with E-state index < -0.39 is 0 Å². The second-order valence-corrected chi connectivity index (χ2v) is 5.90. The van der Waals surface area contributed by atoms with Crippen LogP contribution in [0.5, 0.6) is 0 Å². The Morgan fingerprint density at radius 3 is 2.42 bits per heavy atom. The van der Waals surface area contributed by atoms with Crippen molar-refractivity contribution in [2.45, 2.75) is 34.2 Å². The van der Waals surface area contributed by atoms with Crippen LogP contribution in [-0.2, 0) is 6.54 Å². The first-order valence-electron chi connectivity index (χ1n) is 6.26. The van der Waals surface area contributed by atoms with E-state index in [1.54, 1.807) is 16.2 Å². The van der Waals surface area contributed by atoms with Crippen molar-refractivity contribution < 1.29 is 9.21 Å². The van der Waals surface area contributed by atoms with Gasteiger partial charge in [0, 0.05) is 17.5 Å². The van der Waals surface area contributed by atoms with E-state index in [9.17, 15) is 4.79 Å². The van der Waals surface area contributed by atoms with Gasteiger partial charge in [0.25, 0.3) is 5.91 Å². The van der Waals surface area contributed by atoms with Gasteiger partial charge in [-0.3, -0.25) is 4.79 Å². The van der Waals surface area contributed by atoms with E-state index in [2.05, 4.69) is 18.4 Å². The molecule has 0 aliphatic heterocycles. The van der Waals surface area contributed by atoms with Crippen LogP contribution in [0.15, 0.2) is 15.9 Å². The van der Waals surface area contributed by atoms with E-state index in [4.69, 9.17) is 4.42 Å². The Morgan fingerprint density at radius 1 is 1.26 bits per heavy atom. The molecule has 3 nitrogen and oxygen atoms in total. The third-order valence-corrected chi connectivity index (χ3v) is 4.48. The fourth-order valence-electron chi connectivity index (χ4n) is 2.15. The number of rotatable bonds is 3. The summed E-state index contributed by atoms with van der Waals surface area (Å²) in [6.45, 7) is 8.39. The summed E-state index contributed by atoms with van der Waals surface area (Å²) in [7, 11) is 1.84. The second-order valence-electron chi connectivity index (χ2n) is 4.90. The summed E-state index contributed by atoms with van der Waals surface area (Å²) in [6, 6.07) is 2.08. The van der Waals surface area contributed by atoms with Crippen LogP contribution in [0, 0.1) is 27.7 Å². The van der Waals surface area contributed by atoms with Crippen molar-refractivity contribution in [3.05, 3.63) is 44.5 Å². The average molecular weight is 277 g/mol. The van der Waals surface area contributed by atoms with Gasteiger partial charge < -0.3 is 9.32 Å². The maximum Gasteiger partial charge on any atom is 0.257 e. The highest BCUT2D eigenvalue weighted by molar-refractivity contribution is 7.10. The van der Waals surface area contributed by atoms with Gasteiger partial charge >= 0.3 is 0 Å². The predicted octanol–water partition coefficient (Wildman–Crippen LogP) is 3.85. The molecule has 1 amide bonds. The Hall–Kier alpha value is -1.55. The SMILES string of the molecule is Cc1ccsc1CN(C)C(=O)c1c(C)oc(C)c1C. The van der Waals surface area contributed by atoms with Crippen molar-refractivity contribution in [3.63, 3.8) is 0 Å². The number of thiophene rings is 1. The van der Waals surface area contributed by atoms with Crippen molar-refractivity contribution >= 4 is 17.2 Å². The molecule has 0 bridgehead atoms. The monoisotopic (exact) mass is 277 g/mol. The summed E-state index contributed by atoms with van der Waals surface area (Å²) >= 11 is 1.69. The molecule has 0 unspecified atom stereocenters. The molecule has 0 N–H and O–H groups in total. The van der Waals surface area contributed by atoms with Gasteiger partial charge in [-0.2, -0.15) is 0 Å². The predicted molar refractivity (Wildman–Crippen MR) is 77.8 cm³/mol. The van der Waals surface area contributed by atoms with E-state index in [-0.39, 0.29) is 5.91 Å². The van der Waals surface area contributed by atoms with Crippen LogP contribution < -0.4 is 0 Å². The maximum absolute atomic E-state index is 12.5. The third kappa shape index (κ3) is 2.59. The number of furan rings is 1. The molecule has 19 heavy (non-hydrogen) atoms. The zero-order valence-electron chi connectivity index (χ0n) is 12.0. The largest absolute Gasteiger partial charge is 0.466 e. The maximum atomic E-state index is 12.5. The molecule has 0 atom stereocenters. The number of nitrogens with zero attached hydrogens (tertiary/aromatic N) is 1. The molecule has 0 saturated carbocycles. The summed E-state index contributed by atoms with van der Waals surface area (Å²) in [6.07, 6.45) is 0. The van der Waals surface area contributed by atoms with Crippen LogP contribution >= 0.6 is 11.3 Å². The van der Waals surface area contributed by atoms with Gasteiger partial charge in [0.1, 0.15) is 11.5 Å². The van der Waals surface area contributed by atoms with E-state index >= 15 is 0 Å². The number of carbonyl (C=O) groups excluding carboxylic acids is 1. The quantitative estimate of drug-likeness (QED) is 0.854. The second kappa shape index (κ2) is 5.21. The molecule has 0 spiro atoms. The molecule has 2 aromatic heterocycles. The molecule has 0 radical (unpaired) electrons. The molecule has 2 rings (SSSR count). The zero-order valence-corrected chi connectivity index (χ0v) is 12.9. The van der Waals surface area contributed by atoms with Crippen molar-refractivity contribution in [2.75, 3.05) is 7.05 Å². The minimum atomic E-state index is 0.0275. The summed E-state index contributed by atoms with van der Waals surface area (Å²) in [5.74, 6) is 1.55. The average Bonchev–Trinajstić information content (AvgIpc) is 2.84. The molecule has 102 valence electrons. The van der Waals surface area contributed by atoms with Gasteiger partial charge in [-0.25, -0.2) is 0 Å². The highest BCUT2D eigenvalue weighted by Crippen LogP contribution is 2.24. The van der Waals surface area contributed by atoms with Crippen molar-refractivity contribution in [1.29, 1.82) is 0 Å². The van der Waals surface area contributed by atoms with Gasteiger partial charge in [0.05, 0.1) is 12.1 Å². The fraction of sp³-hybridized carbons (Fsp3) is 0.400. The number of hydrogen-bond donors (Lipinski definition) is 0. The van der Waals surface area contributed by atoms with Gasteiger partial charge in [-0.1, -0.05) is 0 Å². The van der Waals surface area contributed by atoms with Crippen molar-refractivity contribution in [3.8, 4) is 0 Å². The first kappa shape index (κ1) is 13.9. The highest BCUT2D eigenvalue weighted by atomic mass is 32.1. The van der Waals surface area contributed by atoms with E-state index in [1.165, 1.54) is 10.4 Å². The summed E-state index contributed by atoms with van der Waals surface area (Å²) in [5.41, 5.74) is 2.88. The molecule has 0 saturated heterocycles. The highest BCUT2D eigenvalue weighted by Gasteiger charge is 2.22. The Morgan fingerprint density at radius 2 is 1.95 bits per heavy atom. The van der Waals surface area contributed by atoms with Crippen LogP contribution in [0.3, 0.4) is 0 Å². The standard InChI is InChI=1S/C15H19NO2S/c1-9-6-7-19-13(9)8-16(5)15(17)14-10(2)11(3)18-12(14)4/h6-7H,8H2,1-5H3. The molecule has 2 heterocycles. The van der Waals surface area contributed by atoms with E-state index in [1.807, 2.05) is 27.8 Å². The summed E-state index contributed by atoms with van der Waals surface area (Å²) < 4.78 is 5.53. The molecule has 0 aromatic carbocycles. The molecule has 0 aliphatic rings. The number of carbonyl (C=O) groups is 1. The van der Waals surface area contributed by atoms with Gasteiger partial charge in [0.15, 0.2) is 0 Å². The molecule has 0 fully saturated rings. The normalized spacial score (nSPS) is 10.8. The van der Waals surface area contributed by atoms with Crippen LogP contribution in [0.1, 0.15) is 37.9 Å². The first-order valence-corrected chi connectivity index (χ1v) is 7.14. The Balaban J connectivity index is 2.22. The Labute approximate surface area is 117 Å².